The topological polar surface area (TPSA) is 106 Å². The van der Waals surface area contributed by atoms with E-state index in [-0.39, 0.29) is 25.4 Å². The number of aliphatic imine (C=N–C) groups is 1. The Morgan fingerprint density at radius 1 is 1.05 bits per heavy atom. The van der Waals surface area contributed by atoms with Gasteiger partial charge in [-0.15, -0.1) is 0 Å². The highest BCUT2D eigenvalue weighted by molar-refractivity contribution is 6.01. The van der Waals surface area contributed by atoms with E-state index in [0.717, 1.165) is 16.3 Å². The summed E-state index contributed by atoms with van der Waals surface area (Å²) in [5.41, 5.74) is -0.259. The molecule has 0 fully saturated rings. The fourth-order valence-electron chi connectivity index (χ4n) is 4.71. The molecule has 0 bridgehead atoms. The van der Waals surface area contributed by atoms with Crippen molar-refractivity contribution in [3.8, 4) is 5.75 Å². The molecular formula is C32H38N2O6. The van der Waals surface area contributed by atoms with Gasteiger partial charge in [-0.05, 0) is 74.7 Å². The molecule has 0 radical (unpaired) electrons. The van der Waals surface area contributed by atoms with E-state index < -0.39 is 23.2 Å². The van der Waals surface area contributed by atoms with E-state index in [1.165, 1.54) is 0 Å². The second kappa shape index (κ2) is 12.5. The predicted molar refractivity (Wildman–Crippen MR) is 154 cm³/mol. The molecule has 0 spiro atoms. The Kier molecular flexibility index (Phi) is 9.10. The molecule has 3 aromatic carbocycles. The van der Waals surface area contributed by atoms with E-state index >= 15 is 0 Å². The van der Waals surface area contributed by atoms with Crippen LogP contribution in [0, 0.1) is 0 Å². The Bertz CT molecular complexity index is 1360. The molecule has 1 amide bonds. The SMILES string of the molecule is C[C@H]1OC(c2ccc(OCCCO)cc2)=N[C@@]1(CCC(=O)OC(C)(C)C)C(=O)NCc1cccc2ccccc12. The zero-order valence-electron chi connectivity index (χ0n) is 23.6. The van der Waals surface area contributed by atoms with Crippen molar-refractivity contribution in [2.45, 2.75) is 70.7 Å². The number of nitrogens with zero attached hydrogens (tertiary/aromatic N) is 1. The Labute approximate surface area is 235 Å². The second-order valence-electron chi connectivity index (χ2n) is 11.0. The first-order valence-electron chi connectivity index (χ1n) is 13.7. The maximum Gasteiger partial charge on any atom is 0.306 e. The van der Waals surface area contributed by atoms with Gasteiger partial charge in [-0.2, -0.15) is 0 Å². The normalized spacial score (nSPS) is 18.6. The summed E-state index contributed by atoms with van der Waals surface area (Å²) in [6, 6.07) is 21.2. The highest BCUT2D eigenvalue weighted by Crippen LogP contribution is 2.34. The molecule has 1 aliphatic rings. The maximum absolute atomic E-state index is 13.9. The third-order valence-electron chi connectivity index (χ3n) is 6.78. The lowest BCUT2D eigenvalue weighted by Crippen LogP contribution is -2.51. The molecule has 1 aliphatic heterocycles. The second-order valence-corrected chi connectivity index (χ2v) is 11.0. The number of nitrogens with one attached hydrogen (secondary N) is 1. The first kappa shape index (κ1) is 29.1. The van der Waals surface area contributed by atoms with E-state index in [1.54, 1.807) is 19.1 Å². The maximum atomic E-state index is 13.9. The van der Waals surface area contributed by atoms with E-state index in [0.29, 0.717) is 36.8 Å². The van der Waals surface area contributed by atoms with Gasteiger partial charge in [0.25, 0.3) is 5.91 Å². The third kappa shape index (κ3) is 6.99. The number of hydrogen-bond acceptors (Lipinski definition) is 7. The van der Waals surface area contributed by atoms with Crippen LogP contribution < -0.4 is 10.1 Å². The lowest BCUT2D eigenvalue weighted by atomic mass is 9.87. The van der Waals surface area contributed by atoms with Gasteiger partial charge in [0.1, 0.15) is 17.5 Å². The molecule has 0 aromatic heterocycles. The number of benzene rings is 3. The number of ether oxygens (including phenoxy) is 3. The van der Waals surface area contributed by atoms with Crippen LogP contribution in [0.3, 0.4) is 0 Å². The summed E-state index contributed by atoms with van der Waals surface area (Å²) >= 11 is 0. The van der Waals surface area contributed by atoms with Gasteiger partial charge >= 0.3 is 5.97 Å². The van der Waals surface area contributed by atoms with Gasteiger partial charge in [0, 0.05) is 31.6 Å². The minimum Gasteiger partial charge on any atom is -0.494 e. The number of rotatable bonds is 11. The van der Waals surface area contributed by atoms with Gasteiger partial charge in [0.05, 0.1) is 6.61 Å². The summed E-state index contributed by atoms with van der Waals surface area (Å²) in [5, 5.41) is 14.2. The Balaban J connectivity index is 1.57. The molecule has 0 unspecified atom stereocenters. The van der Waals surface area contributed by atoms with Crippen molar-refractivity contribution in [3.05, 3.63) is 77.9 Å². The number of hydrogen-bond donors (Lipinski definition) is 2. The van der Waals surface area contributed by atoms with Crippen molar-refractivity contribution >= 4 is 28.5 Å². The molecule has 0 saturated heterocycles. The van der Waals surface area contributed by atoms with Crippen LogP contribution in [0.4, 0.5) is 0 Å². The van der Waals surface area contributed by atoms with Crippen molar-refractivity contribution in [1.29, 1.82) is 0 Å². The minimum atomic E-state index is -1.31. The van der Waals surface area contributed by atoms with E-state index in [1.807, 2.05) is 75.4 Å². The average molecular weight is 547 g/mol. The molecule has 4 rings (SSSR count). The van der Waals surface area contributed by atoms with Gasteiger partial charge < -0.3 is 24.6 Å². The molecule has 40 heavy (non-hydrogen) atoms. The number of carbonyl (C=O) groups excluding carboxylic acids is 2. The fraction of sp³-hybridized carbons (Fsp3) is 0.406. The van der Waals surface area contributed by atoms with Gasteiger partial charge in [0.15, 0.2) is 5.54 Å². The standard InChI is InChI=1S/C32H38N2O6/c1-22-32(18-17-28(36)40-31(2,3)4,30(37)33-21-25-11-7-10-23-9-5-6-12-27(23)25)34-29(39-22)24-13-15-26(16-14-24)38-20-8-19-35/h5-7,9-16,22,35H,8,17-21H2,1-4H3,(H,33,37)/t22-,32-/m1/s1. The van der Waals surface area contributed by atoms with Crippen molar-refractivity contribution in [2.24, 2.45) is 4.99 Å². The quantitative estimate of drug-likeness (QED) is 0.261. The minimum absolute atomic E-state index is 0.0150. The number of amides is 1. The molecule has 0 saturated carbocycles. The summed E-state index contributed by atoms with van der Waals surface area (Å²) in [6.07, 6.45) is 0.0819. The molecule has 212 valence electrons. The molecule has 3 aromatic rings. The smallest absolute Gasteiger partial charge is 0.306 e. The fourth-order valence-corrected chi connectivity index (χ4v) is 4.71. The number of carbonyl (C=O) groups is 2. The van der Waals surface area contributed by atoms with Crippen molar-refractivity contribution in [2.75, 3.05) is 13.2 Å². The molecule has 2 N–H and O–H groups in total. The number of fused-ring (bicyclic) bond motifs is 1. The van der Waals surface area contributed by atoms with Crippen molar-refractivity contribution in [3.63, 3.8) is 0 Å². The Morgan fingerprint density at radius 3 is 2.50 bits per heavy atom. The summed E-state index contributed by atoms with van der Waals surface area (Å²) in [7, 11) is 0. The molecular weight excluding hydrogens is 508 g/mol. The number of esters is 1. The Morgan fingerprint density at radius 2 is 1.77 bits per heavy atom. The molecule has 8 heteroatoms. The Hall–Kier alpha value is -3.91. The van der Waals surface area contributed by atoms with E-state index in [4.69, 9.17) is 24.3 Å². The summed E-state index contributed by atoms with van der Waals surface area (Å²) in [5.74, 6) is 0.288. The third-order valence-corrected chi connectivity index (χ3v) is 6.78. The number of aliphatic hydroxyl groups is 1. The first-order valence-corrected chi connectivity index (χ1v) is 13.7. The van der Waals surface area contributed by atoms with Gasteiger partial charge in [0.2, 0.25) is 5.90 Å². The zero-order valence-corrected chi connectivity index (χ0v) is 23.6. The summed E-state index contributed by atoms with van der Waals surface area (Å²) in [6.45, 7) is 8.02. The lowest BCUT2D eigenvalue weighted by molar-refractivity contribution is -0.155. The van der Waals surface area contributed by atoms with Crippen LogP contribution in [0.5, 0.6) is 5.75 Å². The van der Waals surface area contributed by atoms with Crippen LogP contribution in [-0.2, 0) is 25.6 Å². The highest BCUT2D eigenvalue weighted by atomic mass is 16.6. The van der Waals surface area contributed by atoms with E-state index in [9.17, 15) is 9.59 Å². The van der Waals surface area contributed by atoms with Crippen LogP contribution in [0.25, 0.3) is 10.8 Å². The van der Waals surface area contributed by atoms with Gasteiger partial charge in [-0.3, -0.25) is 9.59 Å². The van der Waals surface area contributed by atoms with Crippen LogP contribution in [0.2, 0.25) is 0 Å². The summed E-state index contributed by atoms with van der Waals surface area (Å²) < 4.78 is 17.3. The van der Waals surface area contributed by atoms with E-state index in [2.05, 4.69) is 5.32 Å². The van der Waals surface area contributed by atoms with Crippen LogP contribution in [0.1, 0.15) is 58.1 Å². The molecule has 8 nitrogen and oxygen atoms in total. The molecule has 0 aliphatic carbocycles. The lowest BCUT2D eigenvalue weighted by Gasteiger charge is -2.28. The monoisotopic (exact) mass is 546 g/mol. The van der Waals surface area contributed by atoms with Crippen LogP contribution in [-0.4, -0.2) is 53.3 Å². The van der Waals surface area contributed by atoms with Gasteiger partial charge in [-0.1, -0.05) is 42.5 Å². The van der Waals surface area contributed by atoms with Crippen LogP contribution in [0.15, 0.2) is 71.7 Å². The highest BCUT2D eigenvalue weighted by Gasteiger charge is 2.50. The van der Waals surface area contributed by atoms with Crippen molar-refractivity contribution in [1.82, 2.24) is 5.32 Å². The predicted octanol–water partition coefficient (Wildman–Crippen LogP) is 4.94. The largest absolute Gasteiger partial charge is 0.494 e. The molecule has 2 atom stereocenters. The number of aliphatic hydroxyl groups excluding tert-OH is 1. The summed E-state index contributed by atoms with van der Waals surface area (Å²) in [4.78, 5) is 31.3. The van der Waals surface area contributed by atoms with Crippen molar-refractivity contribution < 1.29 is 28.9 Å². The first-order chi connectivity index (χ1) is 19.1. The average Bonchev–Trinajstić information content (AvgIpc) is 3.27. The van der Waals surface area contributed by atoms with Crippen LogP contribution >= 0.6 is 0 Å². The van der Waals surface area contributed by atoms with Gasteiger partial charge in [-0.25, -0.2) is 4.99 Å². The molecule has 1 heterocycles. The zero-order chi connectivity index (χ0) is 28.8.